The lowest BCUT2D eigenvalue weighted by atomic mass is 10.1. The first-order valence-corrected chi connectivity index (χ1v) is 9.70. The Labute approximate surface area is 187 Å². The zero-order chi connectivity index (χ0) is 23.8. The Hall–Kier alpha value is -4.73. The van der Waals surface area contributed by atoms with Gasteiger partial charge in [-0.15, -0.1) is 0 Å². The Bertz CT molecular complexity index is 1190. The molecule has 0 aliphatic heterocycles. The topological polar surface area (TPSA) is 155 Å². The molecule has 3 aromatic rings. The van der Waals surface area contributed by atoms with Gasteiger partial charge in [0.1, 0.15) is 5.70 Å². The molecule has 168 valence electrons. The van der Waals surface area contributed by atoms with Crippen LogP contribution in [0.2, 0.25) is 0 Å². The fourth-order valence-corrected chi connectivity index (χ4v) is 2.92. The van der Waals surface area contributed by atoms with Crippen LogP contribution >= 0.6 is 0 Å². The number of carbonyl (C=O) groups excluding carboxylic acids is 3. The molecule has 0 unspecified atom stereocenters. The van der Waals surface area contributed by atoms with Crippen molar-refractivity contribution in [3.05, 3.63) is 106 Å². The van der Waals surface area contributed by atoms with Gasteiger partial charge in [0.2, 0.25) is 0 Å². The van der Waals surface area contributed by atoms with Gasteiger partial charge in [0.25, 0.3) is 17.5 Å². The van der Waals surface area contributed by atoms with Gasteiger partial charge in [-0.05, 0) is 35.8 Å². The molecule has 2 amide bonds. The van der Waals surface area contributed by atoms with Crippen molar-refractivity contribution < 1.29 is 28.8 Å². The zero-order valence-electron chi connectivity index (χ0n) is 17.1. The normalized spacial score (nSPS) is 11.9. The van der Waals surface area contributed by atoms with E-state index < -0.39 is 28.7 Å². The number of nitrogens with zero attached hydrogens (tertiary/aromatic N) is 1. The van der Waals surface area contributed by atoms with Crippen LogP contribution in [0.25, 0.3) is 6.08 Å². The van der Waals surface area contributed by atoms with E-state index in [2.05, 4.69) is 10.6 Å². The third-order valence-electron chi connectivity index (χ3n) is 4.50. The summed E-state index contributed by atoms with van der Waals surface area (Å²) in [4.78, 5) is 47.4. The van der Waals surface area contributed by atoms with Gasteiger partial charge < -0.3 is 25.0 Å². The molecule has 0 spiro atoms. The fraction of sp³-hybridized carbons (Fsp3) is 0.0870. The van der Waals surface area contributed by atoms with Crippen molar-refractivity contribution >= 4 is 29.5 Å². The van der Waals surface area contributed by atoms with Gasteiger partial charge in [0.15, 0.2) is 5.76 Å². The SMILES string of the molecule is O=C(N[C@H](Cc1ccccc1)C(=O)[O-])/C(=C/c1cccc([N+](=O)[O-])c1)NC(=O)c1ccco1. The van der Waals surface area contributed by atoms with Gasteiger partial charge in [-0.3, -0.25) is 19.7 Å². The number of nitro benzene ring substituents is 1. The summed E-state index contributed by atoms with van der Waals surface area (Å²) < 4.78 is 5.01. The molecule has 3 rings (SSSR count). The Kier molecular flexibility index (Phi) is 7.32. The minimum atomic E-state index is -1.51. The molecule has 33 heavy (non-hydrogen) atoms. The summed E-state index contributed by atoms with van der Waals surface area (Å²) in [6.45, 7) is 0. The van der Waals surface area contributed by atoms with Crippen LogP contribution in [0.15, 0.2) is 83.1 Å². The quantitative estimate of drug-likeness (QED) is 0.285. The van der Waals surface area contributed by atoms with Gasteiger partial charge in [-0.2, -0.15) is 0 Å². The average molecular weight is 448 g/mol. The number of hydrogen-bond acceptors (Lipinski definition) is 7. The highest BCUT2D eigenvalue weighted by Gasteiger charge is 2.21. The second kappa shape index (κ2) is 10.5. The van der Waals surface area contributed by atoms with Gasteiger partial charge in [0, 0.05) is 12.1 Å². The van der Waals surface area contributed by atoms with E-state index in [0.29, 0.717) is 5.56 Å². The summed E-state index contributed by atoms with van der Waals surface area (Å²) in [6, 6.07) is 15.4. The Morgan fingerprint density at radius 2 is 1.79 bits per heavy atom. The van der Waals surface area contributed by atoms with Gasteiger partial charge >= 0.3 is 0 Å². The lowest BCUT2D eigenvalue weighted by Crippen LogP contribution is -2.50. The lowest BCUT2D eigenvalue weighted by molar-refractivity contribution is -0.384. The minimum absolute atomic E-state index is 0.0505. The molecular weight excluding hydrogens is 430 g/mol. The van der Waals surface area contributed by atoms with Gasteiger partial charge in [-0.1, -0.05) is 42.5 Å². The third-order valence-corrected chi connectivity index (χ3v) is 4.50. The molecule has 0 aliphatic rings. The molecule has 10 nitrogen and oxygen atoms in total. The van der Waals surface area contributed by atoms with E-state index >= 15 is 0 Å². The highest BCUT2D eigenvalue weighted by molar-refractivity contribution is 6.05. The van der Waals surface area contributed by atoms with E-state index in [-0.39, 0.29) is 29.1 Å². The lowest BCUT2D eigenvalue weighted by Gasteiger charge is -2.21. The fourth-order valence-electron chi connectivity index (χ4n) is 2.92. The van der Waals surface area contributed by atoms with Crippen LogP contribution in [0.1, 0.15) is 21.7 Å². The van der Waals surface area contributed by atoms with E-state index in [4.69, 9.17) is 4.42 Å². The summed E-state index contributed by atoms with van der Waals surface area (Å²) in [5.41, 5.74) is 0.326. The minimum Gasteiger partial charge on any atom is -0.548 e. The van der Waals surface area contributed by atoms with E-state index in [1.165, 1.54) is 48.7 Å². The molecule has 0 bridgehead atoms. The number of nitrogens with one attached hydrogen (secondary N) is 2. The highest BCUT2D eigenvalue weighted by Crippen LogP contribution is 2.16. The number of aliphatic carboxylic acids is 1. The van der Waals surface area contributed by atoms with Gasteiger partial charge in [-0.25, -0.2) is 0 Å². The van der Waals surface area contributed by atoms with E-state index in [1.807, 2.05) is 0 Å². The van der Waals surface area contributed by atoms with Crippen LogP contribution in [0, 0.1) is 10.1 Å². The average Bonchev–Trinajstić information content (AvgIpc) is 3.34. The first kappa shape index (κ1) is 22.9. The molecule has 2 N–H and O–H groups in total. The predicted molar refractivity (Wildman–Crippen MR) is 114 cm³/mol. The van der Waals surface area contributed by atoms with E-state index in [0.717, 1.165) is 0 Å². The second-order valence-electron chi connectivity index (χ2n) is 6.88. The summed E-state index contributed by atoms with van der Waals surface area (Å²) in [7, 11) is 0. The number of carboxylic acid groups (broad SMARTS) is 1. The zero-order valence-corrected chi connectivity index (χ0v) is 17.1. The number of benzene rings is 2. The summed E-state index contributed by atoms with van der Waals surface area (Å²) in [6.07, 6.45) is 2.41. The number of non-ortho nitro benzene ring substituents is 1. The number of furan rings is 1. The third kappa shape index (κ3) is 6.37. The molecule has 1 atom stereocenters. The number of nitro groups is 1. The largest absolute Gasteiger partial charge is 0.548 e. The van der Waals surface area contributed by atoms with Crippen molar-refractivity contribution in [2.24, 2.45) is 0 Å². The van der Waals surface area contributed by atoms with Crippen molar-refractivity contribution in [2.75, 3.05) is 0 Å². The molecule has 0 aliphatic carbocycles. The highest BCUT2D eigenvalue weighted by atomic mass is 16.6. The van der Waals surface area contributed by atoms with Crippen LogP contribution in [-0.2, 0) is 16.0 Å². The Morgan fingerprint density at radius 3 is 2.42 bits per heavy atom. The monoisotopic (exact) mass is 448 g/mol. The van der Waals surface area contributed by atoms with Crippen molar-refractivity contribution in [2.45, 2.75) is 12.5 Å². The number of amides is 2. The molecule has 0 saturated heterocycles. The van der Waals surface area contributed by atoms with Crippen LogP contribution in [-0.4, -0.2) is 28.7 Å². The van der Waals surface area contributed by atoms with Crippen LogP contribution in [0.4, 0.5) is 5.69 Å². The molecule has 10 heteroatoms. The smallest absolute Gasteiger partial charge is 0.291 e. The molecule has 0 saturated carbocycles. The maximum absolute atomic E-state index is 12.9. The molecule has 1 heterocycles. The van der Waals surface area contributed by atoms with Crippen molar-refractivity contribution in [3.63, 3.8) is 0 Å². The molecule has 2 aromatic carbocycles. The van der Waals surface area contributed by atoms with Gasteiger partial charge in [0.05, 0.1) is 23.2 Å². The molecule has 0 radical (unpaired) electrons. The summed E-state index contributed by atoms with van der Waals surface area (Å²) in [5.74, 6) is -3.29. The van der Waals surface area contributed by atoms with Crippen LogP contribution in [0.3, 0.4) is 0 Å². The standard InChI is InChI=1S/C23H19N3O7/c27-21(25-19(23(29)30)13-15-6-2-1-3-7-15)18(24-22(28)20-10-5-11-33-20)14-16-8-4-9-17(12-16)26(31)32/h1-12,14,19H,13H2,(H,24,28)(H,25,27)(H,29,30)/p-1/b18-14-/t19-/m1/s1. The number of carbonyl (C=O) groups is 3. The molecule has 1 aromatic heterocycles. The Morgan fingerprint density at radius 1 is 1.03 bits per heavy atom. The van der Waals surface area contributed by atoms with E-state index in [1.54, 1.807) is 30.3 Å². The molecule has 0 fully saturated rings. The summed E-state index contributed by atoms with van der Waals surface area (Å²) in [5, 5.41) is 27.4. The van der Waals surface area contributed by atoms with Crippen LogP contribution < -0.4 is 15.7 Å². The van der Waals surface area contributed by atoms with E-state index in [9.17, 15) is 29.6 Å². The first-order chi connectivity index (χ1) is 15.8. The number of carboxylic acids is 1. The number of rotatable bonds is 9. The van der Waals surface area contributed by atoms with Crippen LogP contribution in [0.5, 0.6) is 0 Å². The van der Waals surface area contributed by atoms with Crippen molar-refractivity contribution in [3.8, 4) is 0 Å². The van der Waals surface area contributed by atoms with Crippen molar-refractivity contribution in [1.82, 2.24) is 10.6 Å². The Balaban J connectivity index is 1.89. The summed E-state index contributed by atoms with van der Waals surface area (Å²) >= 11 is 0. The first-order valence-electron chi connectivity index (χ1n) is 9.70. The number of hydrogen-bond donors (Lipinski definition) is 2. The maximum Gasteiger partial charge on any atom is 0.291 e. The second-order valence-corrected chi connectivity index (χ2v) is 6.88. The maximum atomic E-state index is 12.9. The molecular formula is C23H18N3O7-. The predicted octanol–water partition coefficient (Wildman–Crippen LogP) is 1.44. The van der Waals surface area contributed by atoms with Crippen molar-refractivity contribution in [1.29, 1.82) is 0 Å².